The van der Waals surface area contributed by atoms with Gasteiger partial charge in [-0.05, 0) is 34.9 Å². The quantitative estimate of drug-likeness (QED) is 0.438. The minimum absolute atomic E-state index is 0.102. The molecule has 0 aliphatic heterocycles. The first-order valence-corrected chi connectivity index (χ1v) is 9.84. The van der Waals surface area contributed by atoms with Crippen LogP contribution in [0.1, 0.15) is 0 Å². The van der Waals surface area contributed by atoms with Crippen LogP contribution in [-0.2, 0) is 10.1 Å². The largest absolute Gasteiger partial charge is 0.294 e. The van der Waals surface area contributed by atoms with Gasteiger partial charge in [0.1, 0.15) is 4.88 Å². The second-order valence-corrected chi connectivity index (χ2v) is 8.10. The number of aromatic nitrogens is 1. The highest BCUT2D eigenvalue weighted by molar-refractivity contribution is 7.85. The first-order valence-electron chi connectivity index (χ1n) is 7.59. The third kappa shape index (κ3) is 3.19. The van der Waals surface area contributed by atoms with E-state index in [1.54, 1.807) is 23.5 Å². The molecule has 0 bridgehead atoms. The van der Waals surface area contributed by atoms with Gasteiger partial charge in [-0.25, -0.2) is 0 Å². The zero-order valence-electron chi connectivity index (χ0n) is 13.0. The van der Waals surface area contributed by atoms with Gasteiger partial charge in [0.2, 0.25) is 0 Å². The number of thiazole rings is 1. The Morgan fingerprint density at radius 3 is 2.00 bits per heavy atom. The smallest absolute Gasteiger partial charge is 0.282 e. The molecule has 2 aromatic carbocycles. The maximum Gasteiger partial charge on any atom is 0.294 e. The van der Waals surface area contributed by atoms with Crippen molar-refractivity contribution in [1.82, 2.24) is 0 Å². The maximum absolute atomic E-state index is 11.1. The van der Waals surface area contributed by atoms with Crippen molar-refractivity contribution in [3.8, 4) is 21.6 Å². The summed E-state index contributed by atoms with van der Waals surface area (Å²) in [7, 11) is -4.16. The molecule has 0 atom stereocenters. The molecule has 0 aliphatic rings. The van der Waals surface area contributed by atoms with E-state index >= 15 is 0 Å². The van der Waals surface area contributed by atoms with Gasteiger partial charge in [0.15, 0.2) is 12.4 Å². The molecule has 0 unspecified atom stereocenters. The van der Waals surface area contributed by atoms with E-state index in [0.29, 0.717) is 0 Å². The number of hydrogen-bond acceptors (Lipinski definition) is 3. The Kier molecular flexibility index (Phi) is 3.88. The summed E-state index contributed by atoms with van der Waals surface area (Å²) in [4.78, 5) is 2.26. The standard InChI is InChI=1S/C19H13NO3S2/c21-25(22,23)17-10-8-15(9-11-17)14-4-6-16(7-5-14)18-13-20-12-2-1-3-19(20)24-18/h1-13H/p+1. The summed E-state index contributed by atoms with van der Waals surface area (Å²) >= 11 is 1.73. The minimum Gasteiger partial charge on any atom is -0.282 e. The number of hydrogen-bond donors (Lipinski definition) is 1. The fourth-order valence-electron chi connectivity index (χ4n) is 2.68. The molecule has 1 N–H and O–H groups in total. The SMILES string of the molecule is O=S(=O)(O)c1ccc(-c2ccc(-c3c[n+]4ccccc4s3)cc2)cc1. The fraction of sp³-hybridized carbons (Fsp3) is 0. The van der Waals surface area contributed by atoms with Crippen LogP contribution in [0.3, 0.4) is 0 Å². The van der Waals surface area contributed by atoms with Crippen LogP contribution >= 0.6 is 11.3 Å². The molecule has 0 radical (unpaired) electrons. The van der Waals surface area contributed by atoms with Crippen LogP contribution in [0.4, 0.5) is 0 Å². The Balaban J connectivity index is 1.65. The van der Waals surface area contributed by atoms with E-state index in [9.17, 15) is 8.42 Å². The molecule has 2 heterocycles. The molecule has 4 rings (SSSR count). The first kappa shape index (κ1) is 16.0. The van der Waals surface area contributed by atoms with Gasteiger partial charge in [-0.3, -0.25) is 4.55 Å². The second kappa shape index (κ2) is 6.07. The van der Waals surface area contributed by atoms with Gasteiger partial charge in [-0.2, -0.15) is 12.8 Å². The zero-order valence-corrected chi connectivity index (χ0v) is 14.7. The van der Waals surface area contributed by atoms with Crippen LogP contribution in [0.15, 0.2) is 84.0 Å². The molecule has 0 spiro atoms. The van der Waals surface area contributed by atoms with Crippen molar-refractivity contribution in [2.24, 2.45) is 0 Å². The first-order chi connectivity index (χ1) is 12.0. The van der Waals surface area contributed by atoms with Gasteiger partial charge in [0.25, 0.3) is 14.9 Å². The molecule has 6 heteroatoms. The van der Waals surface area contributed by atoms with E-state index in [1.807, 2.05) is 30.5 Å². The van der Waals surface area contributed by atoms with Crippen LogP contribution in [0.5, 0.6) is 0 Å². The Morgan fingerprint density at radius 1 is 0.800 bits per heavy atom. The summed E-state index contributed by atoms with van der Waals surface area (Å²) in [5, 5.41) is 0. The third-order valence-corrected chi connectivity index (χ3v) is 5.96. The number of pyridine rings is 1. The summed E-state index contributed by atoms with van der Waals surface area (Å²) in [6.45, 7) is 0. The molecular formula is C19H14NO3S2+. The number of benzene rings is 2. The summed E-state index contributed by atoms with van der Waals surface area (Å²) in [5.74, 6) is 0. The molecule has 0 saturated heterocycles. The second-order valence-electron chi connectivity index (χ2n) is 5.62. The van der Waals surface area contributed by atoms with E-state index < -0.39 is 10.1 Å². The minimum atomic E-state index is -4.16. The monoisotopic (exact) mass is 368 g/mol. The molecule has 0 aliphatic carbocycles. The van der Waals surface area contributed by atoms with Crippen LogP contribution in [-0.4, -0.2) is 13.0 Å². The molecule has 0 fully saturated rings. The van der Waals surface area contributed by atoms with Gasteiger partial charge < -0.3 is 0 Å². The average molecular weight is 368 g/mol. The Labute approximate surface area is 149 Å². The molecule has 0 amide bonds. The average Bonchev–Trinajstić information content (AvgIpc) is 3.05. The molecule has 124 valence electrons. The van der Waals surface area contributed by atoms with Crippen molar-refractivity contribution in [1.29, 1.82) is 0 Å². The van der Waals surface area contributed by atoms with Crippen molar-refractivity contribution in [3.63, 3.8) is 0 Å². The van der Waals surface area contributed by atoms with Crippen molar-refractivity contribution >= 4 is 26.3 Å². The number of rotatable bonds is 3. The van der Waals surface area contributed by atoms with Crippen molar-refractivity contribution in [3.05, 3.63) is 79.1 Å². The topological polar surface area (TPSA) is 58.5 Å². The Hall–Kier alpha value is -2.54. The lowest BCUT2D eigenvalue weighted by atomic mass is 10.0. The highest BCUT2D eigenvalue weighted by atomic mass is 32.2. The Bertz CT molecular complexity index is 1110. The van der Waals surface area contributed by atoms with Gasteiger partial charge >= 0.3 is 0 Å². The van der Waals surface area contributed by atoms with Crippen molar-refractivity contribution < 1.29 is 17.4 Å². The summed E-state index contributed by atoms with van der Waals surface area (Å²) in [6, 6.07) is 20.4. The molecular weight excluding hydrogens is 354 g/mol. The third-order valence-electron chi connectivity index (χ3n) is 3.98. The summed E-state index contributed by atoms with van der Waals surface area (Å²) < 4.78 is 33.4. The lowest BCUT2D eigenvalue weighted by Gasteiger charge is -2.04. The molecule has 2 aromatic heterocycles. The molecule has 4 nitrogen and oxygen atoms in total. The zero-order chi connectivity index (χ0) is 17.4. The fourth-order valence-corrected chi connectivity index (χ4v) is 4.17. The van der Waals surface area contributed by atoms with Crippen LogP contribution in [0.2, 0.25) is 0 Å². The number of nitrogens with zero attached hydrogens (tertiary/aromatic N) is 1. The maximum atomic E-state index is 11.1. The van der Waals surface area contributed by atoms with Crippen LogP contribution in [0.25, 0.3) is 26.4 Å². The van der Waals surface area contributed by atoms with E-state index in [1.165, 1.54) is 21.8 Å². The van der Waals surface area contributed by atoms with Crippen molar-refractivity contribution in [2.75, 3.05) is 0 Å². The Morgan fingerprint density at radius 2 is 1.40 bits per heavy atom. The highest BCUT2D eigenvalue weighted by Crippen LogP contribution is 2.28. The van der Waals surface area contributed by atoms with Gasteiger partial charge in [-0.1, -0.05) is 47.7 Å². The highest BCUT2D eigenvalue weighted by Gasteiger charge is 2.12. The van der Waals surface area contributed by atoms with E-state index in [2.05, 4.69) is 28.8 Å². The lowest BCUT2D eigenvalue weighted by molar-refractivity contribution is -0.506. The van der Waals surface area contributed by atoms with E-state index in [-0.39, 0.29) is 4.90 Å². The van der Waals surface area contributed by atoms with Gasteiger partial charge in [0, 0.05) is 12.1 Å². The summed E-state index contributed by atoms with van der Waals surface area (Å²) in [6.07, 6.45) is 4.14. The number of fused-ring (bicyclic) bond motifs is 1. The summed E-state index contributed by atoms with van der Waals surface area (Å²) in [5.41, 5.74) is 3.01. The van der Waals surface area contributed by atoms with Gasteiger partial charge in [-0.15, -0.1) is 0 Å². The van der Waals surface area contributed by atoms with Crippen LogP contribution < -0.4 is 4.40 Å². The molecule has 25 heavy (non-hydrogen) atoms. The van der Waals surface area contributed by atoms with E-state index in [4.69, 9.17) is 4.55 Å². The van der Waals surface area contributed by atoms with Crippen LogP contribution in [0, 0.1) is 0 Å². The van der Waals surface area contributed by atoms with Gasteiger partial charge in [0.05, 0.1) is 4.90 Å². The predicted octanol–water partition coefficient (Wildman–Crippen LogP) is 4.07. The van der Waals surface area contributed by atoms with E-state index in [0.717, 1.165) is 16.7 Å². The normalized spacial score (nSPS) is 11.7. The molecule has 0 saturated carbocycles. The lowest BCUT2D eigenvalue weighted by Crippen LogP contribution is -2.15. The predicted molar refractivity (Wildman–Crippen MR) is 98.2 cm³/mol. The van der Waals surface area contributed by atoms with Crippen molar-refractivity contribution in [2.45, 2.75) is 4.90 Å². The molecule has 4 aromatic rings.